The van der Waals surface area contributed by atoms with Crippen LogP contribution in [0.1, 0.15) is 306 Å². The van der Waals surface area contributed by atoms with Crippen LogP contribution in [-0.4, -0.2) is 96.6 Å². The van der Waals surface area contributed by atoms with Gasteiger partial charge in [-0.05, 0) is 180 Å². The number of likely N-dealkylation sites (N-methyl/N-ethyl adjacent to an activating group) is 1. The number of benzene rings is 2. The van der Waals surface area contributed by atoms with Gasteiger partial charge in [-0.15, -0.1) is 0 Å². The Morgan fingerprint density at radius 1 is 0.695 bits per heavy atom. The molecule has 2 aliphatic rings. The maximum Gasteiger partial charge on any atom is 0.311 e. The van der Waals surface area contributed by atoms with Gasteiger partial charge in [-0.2, -0.15) is 0 Å². The fraction of sp³-hybridized carbons (Fsp3) is 0.671. The monoisotopic (exact) mass is 1380 g/mol. The minimum atomic E-state index is -0.752. The van der Waals surface area contributed by atoms with Gasteiger partial charge in [-0.25, -0.2) is 0 Å². The summed E-state index contributed by atoms with van der Waals surface area (Å²) in [5.41, 5.74) is 6.77. The van der Waals surface area contributed by atoms with Crippen LogP contribution >= 0.6 is 15.9 Å². The number of aromatic nitrogens is 1. The maximum absolute atomic E-state index is 14.6. The molecule has 0 N–H and O–H groups in total. The zero-order chi connectivity index (χ0) is 69.2. The van der Waals surface area contributed by atoms with Gasteiger partial charge in [0.05, 0.1) is 15.9 Å². The number of nitrogens with zero attached hydrogens (tertiary/aromatic N) is 3. The van der Waals surface area contributed by atoms with Gasteiger partial charge in [-0.1, -0.05) is 205 Å². The SMILES string of the molecule is C=C(CCCCCCC/C=C\CCCCCCCC)OCC(COC(=O)CCCCCCC/C=C\CCCCCCCC)OC(=O)CC(C)CCCCC(=O)Oc1cc(C)cc(C)c1C(C)(C)CC(=O)n1c(Br)c2c3c(cccc31)C1=CCCN(C)C1C2.CCN(C=O)CC. The van der Waals surface area contributed by atoms with E-state index in [1.54, 1.807) is 4.90 Å². The Labute approximate surface area is 584 Å². The third kappa shape index (κ3) is 31.0. The number of carbonyl (C=O) groups is 5. The molecule has 532 valence electrons. The van der Waals surface area contributed by atoms with Crippen LogP contribution in [0.4, 0.5) is 0 Å². The fourth-order valence-electron chi connectivity index (χ4n) is 13.5. The van der Waals surface area contributed by atoms with Crippen LogP contribution in [-0.2, 0) is 45.2 Å². The minimum absolute atomic E-state index is 0.00435. The van der Waals surface area contributed by atoms with Gasteiger partial charge < -0.3 is 23.8 Å². The summed E-state index contributed by atoms with van der Waals surface area (Å²) in [5.74, 6) is 0.131. The van der Waals surface area contributed by atoms with E-state index in [2.05, 4.69) is 117 Å². The summed E-state index contributed by atoms with van der Waals surface area (Å²) in [6.45, 7) is 25.4. The van der Waals surface area contributed by atoms with Gasteiger partial charge in [0.15, 0.2) is 6.10 Å². The molecule has 3 unspecified atom stereocenters. The predicted molar refractivity (Wildman–Crippen MR) is 398 cm³/mol. The van der Waals surface area contributed by atoms with E-state index in [1.165, 1.54) is 132 Å². The first kappa shape index (κ1) is 82.2. The van der Waals surface area contributed by atoms with Crippen molar-refractivity contribution in [3.63, 3.8) is 0 Å². The molecule has 13 heteroatoms. The third-order valence-corrected chi connectivity index (χ3v) is 19.9. The van der Waals surface area contributed by atoms with Crippen molar-refractivity contribution in [2.24, 2.45) is 5.92 Å². The van der Waals surface area contributed by atoms with E-state index in [4.69, 9.17) is 18.9 Å². The quantitative estimate of drug-likeness (QED) is 0.0134. The van der Waals surface area contributed by atoms with Crippen molar-refractivity contribution in [2.75, 3.05) is 39.9 Å². The van der Waals surface area contributed by atoms with Crippen molar-refractivity contribution < 1.29 is 42.9 Å². The summed E-state index contributed by atoms with van der Waals surface area (Å²) < 4.78 is 26.6. The molecular weight excluding hydrogens is 1250 g/mol. The number of rotatable bonds is 50. The molecule has 3 atom stereocenters. The van der Waals surface area contributed by atoms with E-state index in [9.17, 15) is 24.0 Å². The van der Waals surface area contributed by atoms with E-state index in [1.807, 2.05) is 45.3 Å². The molecule has 0 saturated heterocycles. The highest BCUT2D eigenvalue weighted by Crippen LogP contribution is 2.46. The Morgan fingerprint density at radius 3 is 1.80 bits per heavy atom. The molecule has 2 heterocycles. The highest BCUT2D eigenvalue weighted by molar-refractivity contribution is 9.10. The summed E-state index contributed by atoms with van der Waals surface area (Å²) in [7, 11) is 2.19. The second kappa shape index (κ2) is 47.6. The number of esters is 3. The average molecular weight is 1380 g/mol. The second-order valence-electron chi connectivity index (χ2n) is 28.0. The first-order valence-electron chi connectivity index (χ1n) is 37.6. The number of amides is 1. The highest BCUT2D eigenvalue weighted by atomic mass is 79.9. The predicted octanol–water partition coefficient (Wildman–Crippen LogP) is 21.7. The molecule has 95 heavy (non-hydrogen) atoms. The Balaban J connectivity index is 0.00000259. The lowest BCUT2D eigenvalue weighted by Gasteiger charge is -2.37. The third-order valence-electron chi connectivity index (χ3n) is 19.0. The van der Waals surface area contributed by atoms with Gasteiger partial charge in [0.1, 0.15) is 19.0 Å². The summed E-state index contributed by atoms with van der Waals surface area (Å²) >= 11 is 3.91. The number of carbonyl (C=O) groups excluding carboxylic acids is 5. The average Bonchev–Trinajstić information content (AvgIpc) is 1.59. The lowest BCUT2D eigenvalue weighted by atomic mass is 9.78. The number of halogens is 1. The Hall–Kier alpha value is -5.27. The summed E-state index contributed by atoms with van der Waals surface area (Å²) in [6, 6.07) is 10.6. The topological polar surface area (TPSA) is 134 Å². The molecule has 5 rings (SSSR count). The zero-order valence-electron chi connectivity index (χ0n) is 61.2. The van der Waals surface area contributed by atoms with Crippen LogP contribution in [0.15, 0.2) is 77.7 Å². The van der Waals surface area contributed by atoms with E-state index < -0.39 is 11.5 Å². The minimum Gasteiger partial charge on any atom is -0.495 e. The maximum atomic E-state index is 14.6. The molecular formula is C82H128BrN3O9. The highest BCUT2D eigenvalue weighted by Gasteiger charge is 2.37. The molecule has 1 aromatic heterocycles. The molecule has 0 bridgehead atoms. The standard InChI is InChI=1S/C77H117BrN2O8.C5H11NO/c1-10-12-14-16-18-20-22-24-26-28-30-32-34-36-38-45-62(6)85-57-63(58-86-71(82)49-39-37-35-33-31-29-27-25-23-21-19-17-15-13-11-2)87-73(84)54-59(3)44-40-41-50-72(83)88-69-53-60(4)52-61(5)75(69)77(7,8)56-70(81)80-67-48-42-46-65-64-47-43-51-79(9)68(64)55-66(74(65)67)76(80)78;1-3-6(4-2)5-7/h24-27,42,46-48,52-53,59,63,68H,6,10-23,28-41,43-45,49-51,54-58H2,1-5,7-9H3;5H,3-4H2,1-2H3/b26-24-,27-25-;. The molecule has 0 radical (unpaired) electrons. The number of fused-ring (bicyclic) bond motifs is 2. The molecule has 1 aliphatic heterocycles. The molecule has 0 saturated carbocycles. The van der Waals surface area contributed by atoms with E-state index in [0.29, 0.717) is 30.8 Å². The van der Waals surface area contributed by atoms with Gasteiger partial charge >= 0.3 is 17.9 Å². The summed E-state index contributed by atoms with van der Waals surface area (Å²) in [4.78, 5) is 68.7. The number of allylic oxidation sites excluding steroid dienone is 5. The van der Waals surface area contributed by atoms with Gasteiger partial charge in [0.2, 0.25) is 12.3 Å². The lowest BCUT2D eigenvalue weighted by molar-refractivity contribution is -0.162. The normalized spacial score (nSPS) is 14.5. The molecule has 12 nitrogen and oxygen atoms in total. The molecule has 0 fully saturated rings. The number of ether oxygens (including phenoxy) is 4. The van der Waals surface area contributed by atoms with E-state index in [-0.39, 0.29) is 68.3 Å². The first-order chi connectivity index (χ1) is 45.9. The smallest absolute Gasteiger partial charge is 0.311 e. The van der Waals surface area contributed by atoms with Crippen molar-refractivity contribution in [3.05, 3.63) is 105 Å². The van der Waals surface area contributed by atoms with Crippen LogP contribution in [0.25, 0.3) is 16.5 Å². The summed E-state index contributed by atoms with van der Waals surface area (Å²) in [5, 5.41) is 1.15. The van der Waals surface area contributed by atoms with Crippen molar-refractivity contribution >= 4 is 62.6 Å². The van der Waals surface area contributed by atoms with E-state index in [0.717, 1.165) is 135 Å². The van der Waals surface area contributed by atoms with Crippen molar-refractivity contribution in [1.29, 1.82) is 0 Å². The van der Waals surface area contributed by atoms with Crippen LogP contribution < -0.4 is 4.74 Å². The fourth-order valence-corrected chi connectivity index (χ4v) is 14.2. The number of hydrogen-bond donors (Lipinski definition) is 0. The Kier molecular flexibility index (Phi) is 41.2. The van der Waals surface area contributed by atoms with Crippen molar-refractivity contribution in [3.8, 4) is 5.75 Å². The van der Waals surface area contributed by atoms with Crippen LogP contribution in [0, 0.1) is 19.8 Å². The van der Waals surface area contributed by atoms with Crippen LogP contribution in [0.3, 0.4) is 0 Å². The number of unbranched alkanes of at least 4 members (excludes halogenated alkanes) is 23. The second-order valence-corrected chi connectivity index (χ2v) is 28.8. The molecule has 3 aromatic rings. The molecule has 1 amide bonds. The van der Waals surface area contributed by atoms with E-state index >= 15 is 0 Å². The zero-order valence-corrected chi connectivity index (χ0v) is 62.8. The lowest BCUT2D eigenvalue weighted by Crippen LogP contribution is -2.39. The van der Waals surface area contributed by atoms with Crippen LogP contribution in [0.2, 0.25) is 0 Å². The van der Waals surface area contributed by atoms with Gasteiger partial charge in [0, 0.05) is 74.1 Å². The van der Waals surface area contributed by atoms with Crippen LogP contribution in [0.5, 0.6) is 5.75 Å². The van der Waals surface area contributed by atoms with Gasteiger partial charge in [-0.3, -0.25) is 33.4 Å². The Bertz CT molecular complexity index is 2790. The van der Waals surface area contributed by atoms with Gasteiger partial charge in [0.25, 0.3) is 0 Å². The number of hydrogen-bond acceptors (Lipinski definition) is 10. The van der Waals surface area contributed by atoms with Crippen molar-refractivity contribution in [2.45, 2.75) is 311 Å². The number of aryl methyl sites for hydroxylation is 2. The molecule has 2 aromatic carbocycles. The summed E-state index contributed by atoms with van der Waals surface area (Å²) in [6.07, 6.45) is 49.0. The first-order valence-corrected chi connectivity index (χ1v) is 38.4. The molecule has 1 aliphatic carbocycles. The Morgan fingerprint density at radius 2 is 1.23 bits per heavy atom. The largest absolute Gasteiger partial charge is 0.495 e. The van der Waals surface area contributed by atoms with Crippen molar-refractivity contribution in [1.82, 2.24) is 14.4 Å². The molecule has 0 spiro atoms.